The maximum absolute atomic E-state index is 14.3. The average Bonchev–Trinajstić information content (AvgIpc) is 3.66. The van der Waals surface area contributed by atoms with Crippen LogP contribution in [0.3, 0.4) is 0 Å². The molecular formula is C46H53N9O8S. The van der Waals surface area contributed by atoms with Gasteiger partial charge in [-0.15, -0.1) is 0 Å². The average molecular weight is 892 g/mol. The Bertz CT molecular complexity index is 2680. The summed E-state index contributed by atoms with van der Waals surface area (Å²) in [5.74, 6) is -0.499. The molecule has 6 heterocycles. The first-order chi connectivity index (χ1) is 30.9. The van der Waals surface area contributed by atoms with Crippen molar-refractivity contribution < 1.29 is 32.3 Å². The van der Waals surface area contributed by atoms with Gasteiger partial charge in [-0.25, -0.2) is 13.1 Å². The Hall–Kier alpha value is -6.08. The van der Waals surface area contributed by atoms with Crippen LogP contribution in [0.5, 0.6) is 5.88 Å². The largest absolute Gasteiger partial charge is 0.476 e. The molecule has 0 radical (unpaired) electrons. The Morgan fingerprint density at radius 2 is 1.88 bits per heavy atom. The van der Waals surface area contributed by atoms with E-state index in [1.54, 1.807) is 12.3 Å². The second-order valence-electron chi connectivity index (χ2n) is 17.5. The van der Waals surface area contributed by atoms with Crippen molar-refractivity contribution in [2.45, 2.75) is 50.5 Å². The van der Waals surface area contributed by atoms with E-state index in [4.69, 9.17) is 19.2 Å². The summed E-state index contributed by atoms with van der Waals surface area (Å²) in [6.45, 7) is 11.0. The summed E-state index contributed by atoms with van der Waals surface area (Å²) in [6.07, 6.45) is 9.08. The van der Waals surface area contributed by atoms with Crippen molar-refractivity contribution in [3.63, 3.8) is 0 Å². The molecule has 0 saturated carbocycles. The summed E-state index contributed by atoms with van der Waals surface area (Å²) in [4.78, 5) is 44.5. The number of benzene rings is 2. The van der Waals surface area contributed by atoms with Crippen molar-refractivity contribution in [1.29, 1.82) is 0 Å². The predicted molar refractivity (Wildman–Crippen MR) is 244 cm³/mol. The van der Waals surface area contributed by atoms with Crippen molar-refractivity contribution in [2.24, 2.45) is 5.41 Å². The van der Waals surface area contributed by atoms with Crippen LogP contribution >= 0.6 is 0 Å². The molecule has 3 aliphatic heterocycles. The van der Waals surface area contributed by atoms with Crippen LogP contribution < -0.4 is 24.6 Å². The number of allylic oxidation sites excluding steroid dienone is 1. The summed E-state index contributed by atoms with van der Waals surface area (Å²) in [7, 11) is -4.59. The minimum absolute atomic E-state index is 0.102. The van der Waals surface area contributed by atoms with Crippen LogP contribution in [0, 0.1) is 15.5 Å². The van der Waals surface area contributed by atoms with E-state index in [0.717, 1.165) is 69.1 Å². The number of anilines is 4. The molecule has 3 aromatic heterocycles. The number of carbonyl (C=O) groups is 1. The molecule has 5 aromatic rings. The third-order valence-corrected chi connectivity index (χ3v) is 13.8. The van der Waals surface area contributed by atoms with E-state index in [1.165, 1.54) is 28.8 Å². The lowest BCUT2D eigenvalue weighted by atomic mass is 9.72. The maximum atomic E-state index is 14.3. The topological polar surface area (TPSA) is 197 Å². The number of aromatic nitrogens is 3. The molecule has 1 atom stereocenters. The van der Waals surface area contributed by atoms with Gasteiger partial charge in [0.25, 0.3) is 21.6 Å². The SMILES string of the molecule is CC1(C)CCC(CN2CCN(c3ccc(C(=O)NS(=O)(=O)c4ccc(NC[C@H]5COCCO5)c([N+](=O)[O-])c4)c(N4CCCOc5nc6[nH]ccc6cc54)c3)CC2)=C(c2cccnc2)C1. The van der Waals surface area contributed by atoms with Crippen LogP contribution in [0.1, 0.15) is 55.5 Å². The van der Waals surface area contributed by atoms with Gasteiger partial charge in [0, 0.05) is 81.5 Å². The second-order valence-corrected chi connectivity index (χ2v) is 19.2. The van der Waals surface area contributed by atoms with E-state index < -0.39 is 31.4 Å². The van der Waals surface area contributed by atoms with E-state index in [-0.39, 0.29) is 29.3 Å². The van der Waals surface area contributed by atoms with Gasteiger partial charge in [0.1, 0.15) is 17.0 Å². The van der Waals surface area contributed by atoms with Crippen molar-refractivity contribution in [3.8, 4) is 5.88 Å². The maximum Gasteiger partial charge on any atom is 0.293 e. The minimum atomic E-state index is -4.59. The van der Waals surface area contributed by atoms with Crippen LogP contribution in [0.2, 0.25) is 0 Å². The summed E-state index contributed by atoms with van der Waals surface area (Å²) >= 11 is 0. The van der Waals surface area contributed by atoms with E-state index in [1.807, 2.05) is 47.6 Å². The summed E-state index contributed by atoms with van der Waals surface area (Å²) < 4.78 is 47.2. The Morgan fingerprint density at radius 1 is 1.02 bits per heavy atom. The smallest absolute Gasteiger partial charge is 0.293 e. The highest BCUT2D eigenvalue weighted by Gasteiger charge is 2.32. The molecule has 3 N–H and O–H groups in total. The monoisotopic (exact) mass is 891 g/mol. The molecule has 2 saturated heterocycles. The van der Waals surface area contributed by atoms with E-state index in [9.17, 15) is 23.3 Å². The van der Waals surface area contributed by atoms with Crippen molar-refractivity contribution in [1.82, 2.24) is 24.6 Å². The van der Waals surface area contributed by atoms with Gasteiger partial charge in [0.05, 0.1) is 53.6 Å². The molecule has 2 fully saturated rings. The van der Waals surface area contributed by atoms with Gasteiger partial charge in [-0.05, 0) is 90.8 Å². The van der Waals surface area contributed by atoms with Gasteiger partial charge >= 0.3 is 0 Å². The van der Waals surface area contributed by atoms with Gasteiger partial charge in [-0.3, -0.25) is 24.8 Å². The fourth-order valence-electron chi connectivity index (χ4n) is 9.03. The van der Waals surface area contributed by atoms with Gasteiger partial charge < -0.3 is 34.3 Å². The molecule has 2 aromatic carbocycles. The fraction of sp³-hybridized carbons (Fsp3) is 0.413. The number of fused-ring (bicyclic) bond motifs is 2. The number of amides is 1. The summed E-state index contributed by atoms with van der Waals surface area (Å²) in [6, 6.07) is 17.0. The van der Waals surface area contributed by atoms with Gasteiger partial charge in [-0.2, -0.15) is 4.98 Å². The zero-order valence-electron chi connectivity index (χ0n) is 36.0. The molecule has 9 rings (SSSR count). The number of ether oxygens (including phenoxy) is 3. The first-order valence-electron chi connectivity index (χ1n) is 21.8. The molecule has 0 spiro atoms. The molecule has 1 aliphatic carbocycles. The van der Waals surface area contributed by atoms with Crippen molar-refractivity contribution >= 4 is 61.0 Å². The number of hydrogen-bond donors (Lipinski definition) is 3. The lowest BCUT2D eigenvalue weighted by Gasteiger charge is -2.39. The quantitative estimate of drug-likeness (QED) is 0.0904. The number of rotatable bonds is 12. The summed E-state index contributed by atoms with van der Waals surface area (Å²) in [5.41, 5.74) is 6.72. The number of carbonyl (C=O) groups excluding carboxylic acids is 1. The first-order valence-corrected chi connectivity index (χ1v) is 23.3. The van der Waals surface area contributed by atoms with Crippen LogP contribution in [0.4, 0.5) is 28.4 Å². The van der Waals surface area contributed by atoms with E-state index in [0.29, 0.717) is 62.3 Å². The number of nitrogens with zero attached hydrogens (tertiary/aromatic N) is 6. The molecule has 18 heteroatoms. The number of nitrogens with one attached hydrogen (secondary N) is 3. The highest BCUT2D eigenvalue weighted by molar-refractivity contribution is 7.90. The predicted octanol–water partition coefficient (Wildman–Crippen LogP) is 6.52. The Morgan fingerprint density at radius 3 is 2.66 bits per heavy atom. The molecule has 4 aliphatic rings. The minimum Gasteiger partial charge on any atom is -0.476 e. The van der Waals surface area contributed by atoms with E-state index >= 15 is 0 Å². The third kappa shape index (κ3) is 9.40. The molecule has 336 valence electrons. The Labute approximate surface area is 372 Å². The van der Waals surface area contributed by atoms with Crippen molar-refractivity contribution in [3.05, 3.63) is 106 Å². The number of H-pyrrole nitrogens is 1. The number of nitro benzene ring substituents is 1. The second kappa shape index (κ2) is 18.2. The van der Waals surface area contributed by atoms with Gasteiger partial charge in [0.15, 0.2) is 0 Å². The number of hydrogen-bond acceptors (Lipinski definition) is 14. The van der Waals surface area contributed by atoms with Crippen molar-refractivity contribution in [2.75, 3.05) is 87.4 Å². The van der Waals surface area contributed by atoms with Crippen LogP contribution in [-0.2, 0) is 19.5 Å². The number of sulfonamides is 1. The highest BCUT2D eigenvalue weighted by atomic mass is 32.2. The number of nitro groups is 1. The first kappa shape index (κ1) is 43.2. The van der Waals surface area contributed by atoms with Crippen LogP contribution in [0.15, 0.2) is 89.7 Å². The van der Waals surface area contributed by atoms with Gasteiger partial charge in [-0.1, -0.05) is 25.5 Å². The molecule has 0 unspecified atom stereocenters. The van der Waals surface area contributed by atoms with Crippen LogP contribution in [0.25, 0.3) is 16.6 Å². The lowest BCUT2D eigenvalue weighted by Crippen LogP contribution is -2.47. The van der Waals surface area contributed by atoms with E-state index in [2.05, 4.69) is 49.7 Å². The molecular weight excluding hydrogens is 839 g/mol. The normalized spacial score (nSPS) is 19.4. The highest BCUT2D eigenvalue weighted by Crippen LogP contribution is 2.44. The molecule has 1 amide bonds. The van der Waals surface area contributed by atoms with Crippen LogP contribution in [-0.4, -0.2) is 117 Å². The Kier molecular flexibility index (Phi) is 12.3. The molecule has 17 nitrogen and oxygen atoms in total. The zero-order chi connectivity index (χ0) is 44.4. The van der Waals surface area contributed by atoms with Gasteiger partial charge in [0.2, 0.25) is 5.88 Å². The number of piperazine rings is 1. The standard InChI is InChI=1S/C46H53N9O8S/c1-46(2)12-10-33(38(26-46)32-5-3-13-47-27-32)29-52-16-18-53(19-17-52)34-6-8-37(40(24-34)54-15-4-20-63-45-42(54)23-31-11-14-48-43(31)50-45)44(56)51-64(59,60)36-7-9-39(41(25-36)55(57)58)49-28-35-30-61-21-22-62-35/h3,5-9,11,13-14,23-25,27,35,49H,4,10,12,15-22,26,28-30H2,1-2H3,(H,48,50)(H,51,56)/t35-/m0/s1. The summed E-state index contributed by atoms with van der Waals surface area (Å²) in [5, 5.41) is 16.0. The number of aromatic amines is 1. The number of pyridine rings is 2. The molecule has 64 heavy (non-hydrogen) atoms. The third-order valence-electron chi connectivity index (χ3n) is 12.5. The lowest BCUT2D eigenvalue weighted by molar-refractivity contribution is -0.384. The zero-order valence-corrected chi connectivity index (χ0v) is 36.9. The fourth-order valence-corrected chi connectivity index (χ4v) is 10.0. The Balaban J connectivity index is 0.988. The molecule has 0 bridgehead atoms.